The molecule has 64 heavy (non-hydrogen) atoms. The highest BCUT2D eigenvalue weighted by molar-refractivity contribution is 6.93. The van der Waals surface area contributed by atoms with Gasteiger partial charge in [-0.15, -0.1) is 0 Å². The maximum absolute atomic E-state index is 4.68. The lowest BCUT2D eigenvalue weighted by Gasteiger charge is -2.32. The molecule has 0 fully saturated rings. The summed E-state index contributed by atoms with van der Waals surface area (Å²) in [5.74, 6) is 0. The molecule has 0 radical (unpaired) electrons. The van der Waals surface area contributed by atoms with E-state index in [2.05, 4.69) is 240 Å². The second-order valence-electron chi connectivity index (χ2n) is 18.3. The fourth-order valence-corrected chi connectivity index (χ4v) is 10.5. The number of hydrogen-bond donors (Lipinski definition) is 0. The molecule has 0 N–H and O–H groups in total. The van der Waals surface area contributed by atoms with Crippen molar-refractivity contribution in [1.29, 1.82) is 0 Å². The third-order valence-electron chi connectivity index (χ3n) is 14.1. The van der Waals surface area contributed by atoms with Gasteiger partial charge in [0, 0.05) is 0 Å². The Hall–Kier alpha value is -6.70. The molecule has 0 heterocycles. The summed E-state index contributed by atoms with van der Waals surface area (Å²) in [6, 6.07) is 57.5. The molecule has 8 aromatic rings. The first kappa shape index (κ1) is 43.9. The highest BCUT2D eigenvalue weighted by atomic mass is 14.3. The van der Waals surface area contributed by atoms with Gasteiger partial charge in [-0.25, -0.2) is 0 Å². The Labute approximate surface area is 384 Å². The summed E-state index contributed by atoms with van der Waals surface area (Å²) in [7, 11) is 0. The van der Waals surface area contributed by atoms with Crippen molar-refractivity contribution in [2.45, 2.75) is 76.2 Å². The monoisotopic (exact) mass is 828 g/mol. The van der Waals surface area contributed by atoms with Gasteiger partial charge in [0.15, 0.2) is 0 Å². The molecular formula is C63H61B. The second-order valence-corrected chi connectivity index (χ2v) is 18.3. The Balaban J connectivity index is 1.36. The van der Waals surface area contributed by atoms with Crippen LogP contribution in [0.15, 0.2) is 181 Å². The largest absolute Gasteiger partial charge is 0.242 e. The van der Waals surface area contributed by atoms with Crippen LogP contribution in [0.5, 0.6) is 0 Å². The highest BCUT2D eigenvalue weighted by Gasteiger charge is 2.35. The average molecular weight is 829 g/mol. The summed E-state index contributed by atoms with van der Waals surface area (Å²) in [6.45, 7) is 30.3. The van der Waals surface area contributed by atoms with E-state index >= 15 is 0 Å². The second kappa shape index (κ2) is 18.2. The molecule has 316 valence electrons. The summed E-state index contributed by atoms with van der Waals surface area (Å²) >= 11 is 0. The van der Waals surface area contributed by atoms with E-state index in [9.17, 15) is 0 Å². The predicted molar refractivity (Wildman–Crippen MR) is 282 cm³/mol. The van der Waals surface area contributed by atoms with E-state index in [1.807, 2.05) is 0 Å². The maximum Gasteiger partial charge on any atom is 0.242 e. The van der Waals surface area contributed by atoms with Crippen LogP contribution in [-0.4, -0.2) is 6.71 Å². The van der Waals surface area contributed by atoms with Crippen LogP contribution in [0.3, 0.4) is 0 Å². The molecule has 0 aliphatic heterocycles. The van der Waals surface area contributed by atoms with Crippen LogP contribution < -0.4 is 10.9 Å². The van der Waals surface area contributed by atoms with E-state index in [0.717, 1.165) is 5.57 Å². The first-order chi connectivity index (χ1) is 30.8. The van der Waals surface area contributed by atoms with E-state index in [-0.39, 0.29) is 6.71 Å². The van der Waals surface area contributed by atoms with Crippen LogP contribution >= 0.6 is 0 Å². The highest BCUT2D eigenvalue weighted by Crippen LogP contribution is 2.40. The molecule has 0 saturated carbocycles. The molecule has 8 rings (SSSR count). The van der Waals surface area contributed by atoms with E-state index < -0.39 is 0 Å². The van der Waals surface area contributed by atoms with Crippen molar-refractivity contribution < 1.29 is 0 Å². The SMILES string of the molecule is C=C(C)C(B(c1c(C)c(C)c(-c2cc(-c3ccccc3)cc(-c3ccccc3)c2)c(C)c1C)c1c(C)c(C)c(-c2cc(-c3ccccc3)cc(-c3ccccc3)c2)c(C)c1C)=C(C)C. The lowest BCUT2D eigenvalue weighted by Crippen LogP contribution is -2.51. The van der Waals surface area contributed by atoms with E-state index in [1.165, 1.54) is 133 Å². The van der Waals surface area contributed by atoms with Crippen molar-refractivity contribution in [3.63, 3.8) is 0 Å². The Morgan fingerprint density at radius 2 is 0.547 bits per heavy atom. The molecule has 0 amide bonds. The van der Waals surface area contributed by atoms with Crippen LogP contribution in [-0.2, 0) is 0 Å². The zero-order valence-electron chi connectivity index (χ0n) is 39.8. The molecule has 0 spiro atoms. The fourth-order valence-electron chi connectivity index (χ4n) is 10.5. The molecule has 0 aliphatic rings. The molecule has 8 aromatic carbocycles. The number of allylic oxidation sites excluding steroid dienone is 3. The maximum atomic E-state index is 4.68. The normalized spacial score (nSPS) is 11.1. The minimum Gasteiger partial charge on any atom is -0.0966 e. The Kier molecular flexibility index (Phi) is 12.5. The number of benzene rings is 8. The summed E-state index contributed by atoms with van der Waals surface area (Å²) in [4.78, 5) is 0. The van der Waals surface area contributed by atoms with Gasteiger partial charge < -0.3 is 0 Å². The first-order valence-electron chi connectivity index (χ1n) is 22.8. The van der Waals surface area contributed by atoms with Crippen molar-refractivity contribution in [3.8, 4) is 66.8 Å². The van der Waals surface area contributed by atoms with Crippen LogP contribution in [0.1, 0.15) is 65.3 Å². The quantitative estimate of drug-likeness (QED) is 0.0952. The molecule has 1 heteroatoms. The fraction of sp³-hybridized carbons (Fsp3) is 0.175. The molecule has 0 aliphatic carbocycles. The summed E-state index contributed by atoms with van der Waals surface area (Å²) in [6.07, 6.45) is 0. The van der Waals surface area contributed by atoms with Crippen molar-refractivity contribution in [1.82, 2.24) is 0 Å². The predicted octanol–water partition coefficient (Wildman–Crippen LogP) is 16.2. The zero-order valence-corrected chi connectivity index (χ0v) is 39.8. The average Bonchev–Trinajstić information content (AvgIpc) is 3.31. The molecule has 0 unspecified atom stereocenters. The molecule has 0 saturated heterocycles. The summed E-state index contributed by atoms with van der Waals surface area (Å²) in [5, 5.41) is 0. The Morgan fingerprint density at radius 3 is 0.766 bits per heavy atom. The molecule has 0 bridgehead atoms. The zero-order chi connectivity index (χ0) is 45.4. The number of hydrogen-bond acceptors (Lipinski definition) is 0. The van der Waals surface area contributed by atoms with Gasteiger partial charge in [-0.1, -0.05) is 178 Å². The van der Waals surface area contributed by atoms with Crippen LogP contribution in [0.4, 0.5) is 0 Å². The van der Waals surface area contributed by atoms with Crippen LogP contribution in [0, 0.1) is 55.4 Å². The molecule has 0 nitrogen and oxygen atoms in total. The van der Waals surface area contributed by atoms with E-state index in [1.54, 1.807) is 0 Å². The lowest BCUT2D eigenvalue weighted by molar-refractivity contribution is 1.25. The van der Waals surface area contributed by atoms with Gasteiger partial charge >= 0.3 is 0 Å². The minimum atomic E-state index is 0.00599. The van der Waals surface area contributed by atoms with Crippen LogP contribution in [0.2, 0.25) is 0 Å². The van der Waals surface area contributed by atoms with Crippen molar-refractivity contribution in [3.05, 3.63) is 225 Å². The van der Waals surface area contributed by atoms with Crippen molar-refractivity contribution >= 4 is 17.6 Å². The Morgan fingerprint density at radius 1 is 0.312 bits per heavy atom. The van der Waals surface area contributed by atoms with E-state index in [4.69, 9.17) is 0 Å². The van der Waals surface area contributed by atoms with Gasteiger partial charge in [0.1, 0.15) is 0 Å². The Bertz CT molecular complexity index is 2700. The standard InChI is InChI=1S/C63H61B/c1-39(2)61(40(3)4)64(62-45(9)41(5)59(42(6)46(62)10)57-35-53(49-25-17-13-18-26-49)33-54(36-57)50-27-19-14-20-28-50)63-47(11)43(7)60(44(8)48(63)12)58-37-55(51-29-21-15-22-30-51)34-56(38-58)52-31-23-16-24-32-52/h13-38H,1H2,2-12H3. The van der Waals surface area contributed by atoms with Gasteiger partial charge in [-0.3, -0.25) is 0 Å². The first-order valence-corrected chi connectivity index (χ1v) is 22.8. The van der Waals surface area contributed by atoms with Gasteiger partial charge in [-0.2, -0.15) is 0 Å². The summed E-state index contributed by atoms with van der Waals surface area (Å²) < 4.78 is 0. The minimum absolute atomic E-state index is 0.00599. The topological polar surface area (TPSA) is 0 Å². The lowest BCUT2D eigenvalue weighted by atomic mass is 9.31. The van der Waals surface area contributed by atoms with E-state index in [0.29, 0.717) is 0 Å². The third-order valence-corrected chi connectivity index (χ3v) is 14.1. The molecular weight excluding hydrogens is 768 g/mol. The van der Waals surface area contributed by atoms with Crippen molar-refractivity contribution in [2.24, 2.45) is 0 Å². The third kappa shape index (κ3) is 8.17. The van der Waals surface area contributed by atoms with Crippen LogP contribution in [0.25, 0.3) is 66.8 Å². The van der Waals surface area contributed by atoms with Crippen molar-refractivity contribution in [2.75, 3.05) is 0 Å². The smallest absolute Gasteiger partial charge is 0.0966 e. The number of rotatable bonds is 10. The summed E-state index contributed by atoms with van der Waals surface area (Å²) in [5.41, 5.74) is 32.2. The molecule has 0 atom stereocenters. The van der Waals surface area contributed by atoms with Gasteiger partial charge in [-0.05, 0) is 202 Å². The molecule has 0 aromatic heterocycles. The van der Waals surface area contributed by atoms with Gasteiger partial charge in [0.25, 0.3) is 0 Å². The van der Waals surface area contributed by atoms with Gasteiger partial charge in [0.2, 0.25) is 6.71 Å². The van der Waals surface area contributed by atoms with Gasteiger partial charge in [0.05, 0.1) is 0 Å².